The van der Waals surface area contributed by atoms with Crippen molar-refractivity contribution in [1.29, 1.82) is 0 Å². The Morgan fingerprint density at radius 3 is 2.76 bits per heavy atom. The Hall–Kier alpha value is -1.55. The van der Waals surface area contributed by atoms with Crippen LogP contribution in [-0.2, 0) is 5.54 Å². The standard InChI is InChI=1S/C13H17N3S/c1-9-10(14)5-4-6-11(9)16-13(2,3)12-15-7-8-17-12/h4-8,16H,14H2,1-3H3. The van der Waals surface area contributed by atoms with Crippen molar-refractivity contribution in [3.05, 3.63) is 40.3 Å². The molecule has 3 nitrogen and oxygen atoms in total. The zero-order valence-electron chi connectivity index (χ0n) is 10.3. The second-order valence-electron chi connectivity index (χ2n) is 4.61. The average Bonchev–Trinajstić information content (AvgIpc) is 2.78. The fourth-order valence-electron chi connectivity index (χ4n) is 1.71. The van der Waals surface area contributed by atoms with E-state index in [-0.39, 0.29) is 5.54 Å². The van der Waals surface area contributed by atoms with E-state index in [2.05, 4.69) is 24.1 Å². The van der Waals surface area contributed by atoms with Gasteiger partial charge < -0.3 is 11.1 Å². The fourth-order valence-corrected chi connectivity index (χ4v) is 2.43. The molecule has 1 aromatic heterocycles. The number of hydrogen-bond acceptors (Lipinski definition) is 4. The molecule has 0 aliphatic carbocycles. The van der Waals surface area contributed by atoms with Gasteiger partial charge in [-0.05, 0) is 38.5 Å². The van der Waals surface area contributed by atoms with Crippen LogP contribution in [0.5, 0.6) is 0 Å². The van der Waals surface area contributed by atoms with Gasteiger partial charge in [0, 0.05) is 23.0 Å². The molecular weight excluding hydrogens is 230 g/mol. The number of nitrogens with two attached hydrogens (primary N) is 1. The summed E-state index contributed by atoms with van der Waals surface area (Å²) in [5.41, 5.74) is 8.67. The van der Waals surface area contributed by atoms with Gasteiger partial charge in [0.25, 0.3) is 0 Å². The van der Waals surface area contributed by atoms with Gasteiger partial charge in [0.1, 0.15) is 5.01 Å². The quantitative estimate of drug-likeness (QED) is 0.817. The summed E-state index contributed by atoms with van der Waals surface area (Å²) in [6, 6.07) is 5.92. The second-order valence-corrected chi connectivity index (χ2v) is 5.50. The lowest BCUT2D eigenvalue weighted by molar-refractivity contribution is 0.604. The average molecular weight is 247 g/mol. The van der Waals surface area contributed by atoms with Crippen LogP contribution in [0.3, 0.4) is 0 Å². The third kappa shape index (κ3) is 2.42. The normalized spacial score (nSPS) is 11.5. The molecule has 0 atom stereocenters. The van der Waals surface area contributed by atoms with Crippen molar-refractivity contribution in [2.75, 3.05) is 11.1 Å². The van der Waals surface area contributed by atoms with Gasteiger partial charge in [0.2, 0.25) is 0 Å². The Labute approximate surface area is 106 Å². The van der Waals surface area contributed by atoms with Crippen LogP contribution in [0.1, 0.15) is 24.4 Å². The first-order valence-electron chi connectivity index (χ1n) is 5.54. The lowest BCUT2D eigenvalue weighted by Gasteiger charge is -2.26. The Bertz CT molecular complexity index is 503. The lowest BCUT2D eigenvalue weighted by Crippen LogP contribution is -2.28. The molecule has 1 aromatic carbocycles. The smallest absolute Gasteiger partial charge is 0.117 e. The van der Waals surface area contributed by atoms with E-state index in [1.54, 1.807) is 11.3 Å². The van der Waals surface area contributed by atoms with Crippen LogP contribution in [0, 0.1) is 6.92 Å². The molecule has 3 N–H and O–H groups in total. The minimum absolute atomic E-state index is 0.188. The Morgan fingerprint density at radius 2 is 2.12 bits per heavy atom. The van der Waals surface area contributed by atoms with Gasteiger partial charge in [-0.15, -0.1) is 11.3 Å². The number of nitrogen functional groups attached to an aromatic ring is 1. The van der Waals surface area contributed by atoms with Crippen molar-refractivity contribution < 1.29 is 0 Å². The van der Waals surface area contributed by atoms with Crippen LogP contribution in [0.15, 0.2) is 29.8 Å². The molecule has 0 unspecified atom stereocenters. The summed E-state index contributed by atoms with van der Waals surface area (Å²) >= 11 is 1.65. The van der Waals surface area contributed by atoms with Crippen molar-refractivity contribution in [1.82, 2.24) is 4.98 Å². The Kier molecular flexibility index (Phi) is 3.07. The molecule has 0 amide bonds. The highest BCUT2D eigenvalue weighted by Crippen LogP contribution is 2.30. The zero-order valence-corrected chi connectivity index (χ0v) is 11.1. The largest absolute Gasteiger partial charge is 0.398 e. The molecule has 90 valence electrons. The highest BCUT2D eigenvalue weighted by atomic mass is 32.1. The van der Waals surface area contributed by atoms with E-state index in [1.807, 2.05) is 36.7 Å². The molecule has 0 radical (unpaired) electrons. The molecule has 4 heteroatoms. The van der Waals surface area contributed by atoms with E-state index in [4.69, 9.17) is 5.73 Å². The number of anilines is 2. The maximum atomic E-state index is 5.91. The summed E-state index contributed by atoms with van der Waals surface area (Å²) in [7, 11) is 0. The molecule has 0 saturated carbocycles. The molecule has 1 heterocycles. The molecule has 2 rings (SSSR count). The third-order valence-corrected chi connectivity index (χ3v) is 3.89. The maximum Gasteiger partial charge on any atom is 0.117 e. The minimum Gasteiger partial charge on any atom is -0.398 e. The molecule has 0 spiro atoms. The van der Waals surface area contributed by atoms with Crippen molar-refractivity contribution in [2.24, 2.45) is 0 Å². The monoisotopic (exact) mass is 247 g/mol. The summed E-state index contributed by atoms with van der Waals surface area (Å²) in [6.07, 6.45) is 1.83. The van der Waals surface area contributed by atoms with E-state index >= 15 is 0 Å². The number of hydrogen-bond donors (Lipinski definition) is 2. The molecule has 0 bridgehead atoms. The van der Waals surface area contributed by atoms with Gasteiger partial charge in [0.05, 0.1) is 5.54 Å². The van der Waals surface area contributed by atoms with E-state index in [9.17, 15) is 0 Å². The number of nitrogens with one attached hydrogen (secondary N) is 1. The molecule has 0 aliphatic heterocycles. The maximum absolute atomic E-state index is 5.91. The second kappa shape index (κ2) is 4.37. The van der Waals surface area contributed by atoms with Gasteiger partial charge in [0.15, 0.2) is 0 Å². The van der Waals surface area contributed by atoms with Crippen molar-refractivity contribution in [3.8, 4) is 0 Å². The van der Waals surface area contributed by atoms with Crippen molar-refractivity contribution in [3.63, 3.8) is 0 Å². The molecule has 0 aliphatic rings. The summed E-state index contributed by atoms with van der Waals surface area (Å²) in [4.78, 5) is 4.36. The van der Waals surface area contributed by atoms with Gasteiger partial charge in [-0.2, -0.15) is 0 Å². The van der Waals surface area contributed by atoms with Crippen LogP contribution < -0.4 is 11.1 Å². The first-order valence-corrected chi connectivity index (χ1v) is 6.42. The van der Waals surface area contributed by atoms with Crippen LogP contribution in [-0.4, -0.2) is 4.98 Å². The van der Waals surface area contributed by atoms with Crippen LogP contribution in [0.2, 0.25) is 0 Å². The Morgan fingerprint density at radius 1 is 1.35 bits per heavy atom. The predicted octanol–water partition coefficient (Wildman–Crippen LogP) is 3.38. The molecule has 0 saturated heterocycles. The number of nitrogens with zero attached hydrogens (tertiary/aromatic N) is 1. The van der Waals surface area contributed by atoms with Crippen LogP contribution in [0.4, 0.5) is 11.4 Å². The van der Waals surface area contributed by atoms with E-state index in [1.165, 1.54) is 0 Å². The first-order chi connectivity index (χ1) is 8.00. The highest BCUT2D eigenvalue weighted by Gasteiger charge is 2.23. The highest BCUT2D eigenvalue weighted by molar-refractivity contribution is 7.09. The van der Waals surface area contributed by atoms with Crippen molar-refractivity contribution in [2.45, 2.75) is 26.3 Å². The molecule has 17 heavy (non-hydrogen) atoms. The van der Waals surface area contributed by atoms with Crippen LogP contribution in [0.25, 0.3) is 0 Å². The number of thiazole rings is 1. The summed E-state index contributed by atoms with van der Waals surface area (Å²) in [6.45, 7) is 6.26. The fraction of sp³-hybridized carbons (Fsp3) is 0.308. The van der Waals surface area contributed by atoms with Gasteiger partial charge in [-0.3, -0.25) is 0 Å². The topological polar surface area (TPSA) is 50.9 Å². The van der Waals surface area contributed by atoms with Gasteiger partial charge >= 0.3 is 0 Å². The van der Waals surface area contributed by atoms with Crippen LogP contribution >= 0.6 is 11.3 Å². The summed E-state index contributed by atoms with van der Waals surface area (Å²) in [5.74, 6) is 0. The third-order valence-electron chi connectivity index (χ3n) is 2.79. The van der Waals surface area contributed by atoms with E-state index in [0.29, 0.717) is 0 Å². The SMILES string of the molecule is Cc1c(N)cccc1NC(C)(C)c1nccs1. The van der Waals surface area contributed by atoms with E-state index < -0.39 is 0 Å². The summed E-state index contributed by atoms with van der Waals surface area (Å²) < 4.78 is 0. The Balaban J connectivity index is 2.29. The molecular formula is C13H17N3S. The molecule has 0 fully saturated rings. The van der Waals surface area contributed by atoms with Gasteiger partial charge in [-0.25, -0.2) is 4.98 Å². The van der Waals surface area contributed by atoms with Crippen molar-refractivity contribution >= 4 is 22.7 Å². The lowest BCUT2D eigenvalue weighted by atomic mass is 10.0. The number of benzene rings is 1. The first kappa shape index (κ1) is 11.9. The number of rotatable bonds is 3. The zero-order chi connectivity index (χ0) is 12.5. The van der Waals surface area contributed by atoms with Gasteiger partial charge in [-0.1, -0.05) is 6.07 Å². The minimum atomic E-state index is -0.188. The summed E-state index contributed by atoms with van der Waals surface area (Å²) in [5, 5.41) is 6.56. The van der Waals surface area contributed by atoms with E-state index in [0.717, 1.165) is 21.9 Å². The molecule has 2 aromatic rings. The number of aromatic nitrogens is 1. The predicted molar refractivity (Wildman–Crippen MR) is 74.4 cm³/mol.